The Labute approximate surface area is 136 Å². The van der Waals surface area contributed by atoms with Gasteiger partial charge in [-0.15, -0.1) is 6.58 Å². The van der Waals surface area contributed by atoms with Gasteiger partial charge in [-0.1, -0.05) is 29.4 Å². The van der Waals surface area contributed by atoms with E-state index in [1.54, 1.807) is 17.8 Å². The second-order valence-electron chi connectivity index (χ2n) is 4.23. The van der Waals surface area contributed by atoms with Crippen molar-refractivity contribution in [3.63, 3.8) is 0 Å². The number of aryl methyl sites for hydroxylation is 1. The van der Waals surface area contributed by atoms with Crippen LogP contribution in [-0.2, 0) is 11.3 Å². The summed E-state index contributed by atoms with van der Waals surface area (Å²) >= 11 is 9.05. The van der Waals surface area contributed by atoms with Crippen LogP contribution in [0.5, 0.6) is 0 Å². The molecule has 1 heterocycles. The predicted molar refractivity (Wildman–Crippen MR) is 90.6 cm³/mol. The van der Waals surface area contributed by atoms with Gasteiger partial charge in [0.25, 0.3) is 0 Å². The van der Waals surface area contributed by atoms with Gasteiger partial charge >= 0.3 is 5.97 Å². The Morgan fingerprint density at radius 3 is 3.05 bits per heavy atom. The standard InChI is InChI=1S/C14H15ClN2O2S2/c1-2-6-20-7-5-17-12-8-10(15)3-4-11(12)16-14(17)21-9-13(18)19/h2-4,8H,1,5-7,9H2,(H,18,19). The van der Waals surface area contributed by atoms with E-state index in [1.807, 2.05) is 22.8 Å². The van der Waals surface area contributed by atoms with Crippen LogP contribution in [0.1, 0.15) is 0 Å². The van der Waals surface area contributed by atoms with Crippen molar-refractivity contribution in [2.45, 2.75) is 11.7 Å². The average Bonchev–Trinajstić information content (AvgIpc) is 2.78. The summed E-state index contributed by atoms with van der Waals surface area (Å²) in [6, 6.07) is 5.52. The number of hydrogen-bond acceptors (Lipinski definition) is 4. The van der Waals surface area contributed by atoms with Gasteiger partial charge in [-0.2, -0.15) is 11.8 Å². The fourth-order valence-electron chi connectivity index (χ4n) is 1.85. The van der Waals surface area contributed by atoms with E-state index in [4.69, 9.17) is 16.7 Å². The minimum absolute atomic E-state index is 0.00312. The van der Waals surface area contributed by atoms with E-state index in [1.165, 1.54) is 11.8 Å². The number of thioether (sulfide) groups is 2. The number of aromatic nitrogens is 2. The molecule has 1 aromatic heterocycles. The number of hydrogen-bond donors (Lipinski definition) is 1. The maximum absolute atomic E-state index is 10.8. The monoisotopic (exact) mass is 342 g/mol. The quantitative estimate of drug-likeness (QED) is 0.449. The molecule has 0 spiro atoms. The van der Waals surface area contributed by atoms with Crippen molar-refractivity contribution >= 4 is 52.1 Å². The highest BCUT2D eigenvalue weighted by atomic mass is 35.5. The summed E-state index contributed by atoms with van der Waals surface area (Å²) in [6.07, 6.45) is 1.87. The molecule has 0 saturated heterocycles. The van der Waals surface area contributed by atoms with Crippen molar-refractivity contribution in [3.8, 4) is 0 Å². The molecular weight excluding hydrogens is 328 g/mol. The summed E-state index contributed by atoms with van der Waals surface area (Å²) in [7, 11) is 0. The molecule has 0 bridgehead atoms. The smallest absolute Gasteiger partial charge is 0.313 e. The number of halogens is 1. The van der Waals surface area contributed by atoms with Crippen LogP contribution < -0.4 is 0 Å². The van der Waals surface area contributed by atoms with Gasteiger partial charge in [-0.25, -0.2) is 4.98 Å². The molecule has 0 fully saturated rings. The number of fused-ring (bicyclic) bond motifs is 1. The van der Waals surface area contributed by atoms with E-state index in [9.17, 15) is 4.79 Å². The number of nitrogens with zero attached hydrogens (tertiary/aromatic N) is 2. The van der Waals surface area contributed by atoms with Crippen molar-refractivity contribution in [2.24, 2.45) is 0 Å². The van der Waals surface area contributed by atoms with Crippen LogP contribution in [0.2, 0.25) is 5.02 Å². The number of carboxylic acid groups (broad SMARTS) is 1. The zero-order valence-corrected chi connectivity index (χ0v) is 13.7. The zero-order valence-electron chi connectivity index (χ0n) is 11.3. The van der Waals surface area contributed by atoms with Crippen LogP contribution in [-0.4, -0.2) is 37.9 Å². The number of carbonyl (C=O) groups is 1. The van der Waals surface area contributed by atoms with Gasteiger partial charge in [0.05, 0.1) is 16.8 Å². The molecule has 112 valence electrons. The molecule has 2 aromatic rings. The normalized spacial score (nSPS) is 10.9. The van der Waals surface area contributed by atoms with Crippen LogP contribution in [0.3, 0.4) is 0 Å². The number of rotatable bonds is 8. The van der Waals surface area contributed by atoms with Crippen LogP contribution in [0, 0.1) is 0 Å². The van der Waals surface area contributed by atoms with E-state index in [0.29, 0.717) is 10.2 Å². The number of carboxylic acids is 1. The lowest BCUT2D eigenvalue weighted by atomic mass is 10.3. The van der Waals surface area contributed by atoms with Crippen molar-refractivity contribution in [1.82, 2.24) is 9.55 Å². The maximum atomic E-state index is 10.8. The molecule has 0 radical (unpaired) electrons. The summed E-state index contributed by atoms with van der Waals surface area (Å²) in [5.41, 5.74) is 1.77. The highest BCUT2D eigenvalue weighted by molar-refractivity contribution is 8.00. The van der Waals surface area contributed by atoms with E-state index in [2.05, 4.69) is 11.6 Å². The van der Waals surface area contributed by atoms with E-state index < -0.39 is 5.97 Å². The Hall–Kier alpha value is -1.11. The Morgan fingerprint density at radius 1 is 1.52 bits per heavy atom. The number of aliphatic carboxylic acids is 1. The van der Waals surface area contributed by atoms with Gasteiger partial charge in [0, 0.05) is 23.1 Å². The predicted octanol–water partition coefficient (Wildman–Crippen LogP) is 3.79. The zero-order chi connectivity index (χ0) is 15.2. The molecule has 0 aliphatic heterocycles. The molecular formula is C14H15ClN2O2S2. The van der Waals surface area contributed by atoms with Gasteiger partial charge in [0.2, 0.25) is 0 Å². The molecule has 1 N–H and O–H groups in total. The molecule has 2 rings (SSSR count). The van der Waals surface area contributed by atoms with Crippen molar-refractivity contribution < 1.29 is 9.90 Å². The van der Waals surface area contributed by atoms with Crippen molar-refractivity contribution in [1.29, 1.82) is 0 Å². The molecule has 0 atom stereocenters. The first-order valence-corrected chi connectivity index (χ1v) is 8.82. The third-order valence-electron chi connectivity index (χ3n) is 2.69. The van der Waals surface area contributed by atoms with Crippen LogP contribution in [0.25, 0.3) is 11.0 Å². The van der Waals surface area contributed by atoms with E-state index in [0.717, 1.165) is 29.1 Å². The average molecular weight is 343 g/mol. The Kier molecular flexibility index (Phi) is 6.02. The van der Waals surface area contributed by atoms with Crippen molar-refractivity contribution in [2.75, 3.05) is 17.3 Å². The topological polar surface area (TPSA) is 55.1 Å². The molecule has 4 nitrogen and oxygen atoms in total. The fraction of sp³-hybridized carbons (Fsp3) is 0.286. The summed E-state index contributed by atoms with van der Waals surface area (Å²) in [4.78, 5) is 15.3. The highest BCUT2D eigenvalue weighted by Gasteiger charge is 2.13. The lowest BCUT2D eigenvalue weighted by Crippen LogP contribution is -2.05. The molecule has 0 saturated carbocycles. The summed E-state index contributed by atoms with van der Waals surface area (Å²) < 4.78 is 2.03. The van der Waals surface area contributed by atoms with Crippen LogP contribution >= 0.6 is 35.1 Å². The molecule has 0 aliphatic carbocycles. The number of imidazole rings is 1. The summed E-state index contributed by atoms with van der Waals surface area (Å²) in [6.45, 7) is 4.46. The molecule has 1 aromatic carbocycles. The molecule has 0 aliphatic rings. The van der Waals surface area contributed by atoms with Crippen molar-refractivity contribution in [3.05, 3.63) is 35.9 Å². The first-order chi connectivity index (χ1) is 10.1. The minimum Gasteiger partial charge on any atom is -0.481 e. The van der Waals surface area contributed by atoms with Gasteiger partial charge in [0.1, 0.15) is 0 Å². The lowest BCUT2D eigenvalue weighted by Gasteiger charge is -2.07. The third kappa shape index (κ3) is 4.43. The van der Waals surface area contributed by atoms with E-state index in [-0.39, 0.29) is 5.75 Å². The first kappa shape index (κ1) is 16.3. The highest BCUT2D eigenvalue weighted by Crippen LogP contribution is 2.26. The largest absolute Gasteiger partial charge is 0.481 e. The Balaban J connectivity index is 2.26. The molecule has 0 amide bonds. The summed E-state index contributed by atoms with van der Waals surface area (Å²) in [5.74, 6) is 0.949. The second-order valence-corrected chi connectivity index (χ2v) is 6.75. The third-order valence-corrected chi connectivity index (χ3v) is 4.83. The van der Waals surface area contributed by atoms with Gasteiger partial charge in [-0.3, -0.25) is 4.79 Å². The second kappa shape index (κ2) is 7.77. The number of benzene rings is 1. The lowest BCUT2D eigenvalue weighted by molar-refractivity contribution is -0.133. The van der Waals surface area contributed by atoms with Crippen LogP contribution in [0.4, 0.5) is 0 Å². The molecule has 21 heavy (non-hydrogen) atoms. The van der Waals surface area contributed by atoms with Gasteiger partial charge < -0.3 is 9.67 Å². The Bertz CT molecular complexity index is 658. The SMILES string of the molecule is C=CCSCCn1c(SCC(=O)O)nc2ccc(Cl)cc21. The summed E-state index contributed by atoms with van der Waals surface area (Å²) in [5, 5.41) is 10.2. The van der Waals surface area contributed by atoms with E-state index >= 15 is 0 Å². The maximum Gasteiger partial charge on any atom is 0.313 e. The first-order valence-electron chi connectivity index (χ1n) is 6.31. The molecule has 7 heteroatoms. The Morgan fingerprint density at radius 2 is 2.33 bits per heavy atom. The van der Waals surface area contributed by atoms with Gasteiger partial charge in [0.15, 0.2) is 5.16 Å². The minimum atomic E-state index is -0.849. The van der Waals surface area contributed by atoms with Gasteiger partial charge in [-0.05, 0) is 18.2 Å². The fourth-order valence-corrected chi connectivity index (χ4v) is 3.42. The molecule has 0 unspecified atom stereocenters. The van der Waals surface area contributed by atoms with Crippen LogP contribution in [0.15, 0.2) is 36.0 Å².